The van der Waals surface area contributed by atoms with Crippen molar-refractivity contribution < 1.29 is 0 Å². The summed E-state index contributed by atoms with van der Waals surface area (Å²) in [5.41, 5.74) is 8.87. The molecule has 0 fully saturated rings. The van der Waals surface area contributed by atoms with E-state index in [0.29, 0.717) is 11.5 Å². The average Bonchev–Trinajstić information content (AvgIpc) is 2.96. The molecule has 1 heterocycles. The molecule has 1 aromatic heterocycles. The second kappa shape index (κ2) is 6.42. The van der Waals surface area contributed by atoms with Crippen molar-refractivity contribution in [3.63, 3.8) is 0 Å². The van der Waals surface area contributed by atoms with E-state index in [1.165, 1.54) is 0 Å². The summed E-state index contributed by atoms with van der Waals surface area (Å²) in [7, 11) is 0. The van der Waals surface area contributed by atoms with E-state index in [1.807, 2.05) is 48.7 Å². The highest BCUT2D eigenvalue weighted by Crippen LogP contribution is 2.23. The molecule has 0 saturated heterocycles. The first-order valence-corrected chi connectivity index (χ1v) is 8.00. The van der Waals surface area contributed by atoms with E-state index < -0.39 is 0 Å². The van der Waals surface area contributed by atoms with Crippen LogP contribution >= 0.6 is 28.1 Å². The molecule has 0 bridgehead atoms. The topological polar surface area (TPSA) is 43.8 Å². The largest absolute Gasteiger partial charge is 0.389 e. The zero-order chi connectivity index (χ0) is 15.5. The summed E-state index contributed by atoms with van der Waals surface area (Å²) in [4.78, 5) is 4.89. The zero-order valence-corrected chi connectivity index (χ0v) is 14.1. The Morgan fingerprint density at radius 1 is 1.18 bits per heavy atom. The van der Waals surface area contributed by atoms with Gasteiger partial charge in [-0.15, -0.1) is 0 Å². The molecule has 110 valence electrons. The summed E-state index contributed by atoms with van der Waals surface area (Å²) >= 11 is 8.63. The molecule has 2 N–H and O–H groups in total. The van der Waals surface area contributed by atoms with E-state index in [0.717, 1.165) is 27.0 Å². The third-order valence-corrected chi connectivity index (χ3v) is 4.13. The molecule has 0 spiro atoms. The van der Waals surface area contributed by atoms with Gasteiger partial charge in [0, 0.05) is 34.5 Å². The smallest absolute Gasteiger partial charge is 0.140 e. The predicted molar refractivity (Wildman–Crippen MR) is 96.8 cm³/mol. The fourth-order valence-corrected chi connectivity index (χ4v) is 3.01. The Balaban J connectivity index is 1.99. The molecule has 5 heteroatoms. The first kappa shape index (κ1) is 14.9. The second-order valence-electron chi connectivity index (χ2n) is 4.91. The van der Waals surface area contributed by atoms with Crippen molar-refractivity contribution in [3.05, 3.63) is 76.5 Å². The number of aromatic nitrogens is 2. The quantitative estimate of drug-likeness (QED) is 0.705. The van der Waals surface area contributed by atoms with Gasteiger partial charge < -0.3 is 10.3 Å². The van der Waals surface area contributed by atoms with Gasteiger partial charge in [-0.05, 0) is 17.7 Å². The third-order valence-electron chi connectivity index (χ3n) is 3.42. The molecular weight excluding hydrogens is 358 g/mol. The van der Waals surface area contributed by atoms with Crippen molar-refractivity contribution in [1.82, 2.24) is 9.55 Å². The molecule has 0 radical (unpaired) electrons. The highest BCUT2D eigenvalue weighted by molar-refractivity contribution is 9.10. The number of imidazole rings is 1. The summed E-state index contributed by atoms with van der Waals surface area (Å²) in [5.74, 6) is 0.916. The highest BCUT2D eigenvalue weighted by atomic mass is 79.9. The number of thiocarbonyl (C=S) groups is 1. The monoisotopic (exact) mass is 371 g/mol. The van der Waals surface area contributed by atoms with Gasteiger partial charge in [-0.1, -0.05) is 64.5 Å². The van der Waals surface area contributed by atoms with Crippen LogP contribution in [0.5, 0.6) is 0 Å². The van der Waals surface area contributed by atoms with Crippen molar-refractivity contribution in [2.24, 2.45) is 5.73 Å². The minimum atomic E-state index is 0.416. The second-order valence-corrected chi connectivity index (χ2v) is 6.27. The van der Waals surface area contributed by atoms with Crippen LogP contribution in [0.25, 0.3) is 11.4 Å². The van der Waals surface area contributed by atoms with Gasteiger partial charge >= 0.3 is 0 Å². The molecule has 22 heavy (non-hydrogen) atoms. The molecule has 2 aromatic carbocycles. The lowest BCUT2D eigenvalue weighted by atomic mass is 10.1. The minimum Gasteiger partial charge on any atom is -0.389 e. The zero-order valence-electron chi connectivity index (χ0n) is 11.7. The molecule has 3 rings (SSSR count). The van der Waals surface area contributed by atoms with Crippen LogP contribution in [-0.2, 0) is 6.54 Å². The Hall–Kier alpha value is -1.98. The number of halogens is 1. The summed E-state index contributed by atoms with van der Waals surface area (Å²) in [6, 6.07) is 16.0. The van der Waals surface area contributed by atoms with Crippen LogP contribution in [-0.4, -0.2) is 14.5 Å². The van der Waals surface area contributed by atoms with Crippen LogP contribution in [0.1, 0.15) is 11.1 Å². The van der Waals surface area contributed by atoms with Gasteiger partial charge in [0.05, 0.1) is 0 Å². The number of hydrogen-bond acceptors (Lipinski definition) is 2. The Morgan fingerprint density at radius 2 is 2.00 bits per heavy atom. The van der Waals surface area contributed by atoms with Gasteiger partial charge in [-0.2, -0.15) is 0 Å². The fourth-order valence-electron chi connectivity index (χ4n) is 2.41. The van der Waals surface area contributed by atoms with Crippen LogP contribution in [0.2, 0.25) is 0 Å². The maximum atomic E-state index is 5.81. The van der Waals surface area contributed by atoms with Gasteiger partial charge in [0.2, 0.25) is 0 Å². The van der Waals surface area contributed by atoms with Gasteiger partial charge in [-0.3, -0.25) is 0 Å². The summed E-state index contributed by atoms with van der Waals surface area (Å²) in [5, 5.41) is 0. The van der Waals surface area contributed by atoms with Gasteiger partial charge in [0.25, 0.3) is 0 Å². The summed E-state index contributed by atoms with van der Waals surface area (Å²) < 4.78 is 3.13. The van der Waals surface area contributed by atoms with Crippen LogP contribution in [0, 0.1) is 0 Å². The SMILES string of the molecule is NC(=S)c1ccccc1Cn1ccnc1-c1cccc(Br)c1. The van der Waals surface area contributed by atoms with Crippen LogP contribution in [0.3, 0.4) is 0 Å². The normalized spacial score (nSPS) is 10.6. The van der Waals surface area contributed by atoms with Gasteiger partial charge in [0.15, 0.2) is 0 Å². The fraction of sp³-hybridized carbons (Fsp3) is 0.0588. The minimum absolute atomic E-state index is 0.416. The number of hydrogen-bond donors (Lipinski definition) is 1. The van der Waals surface area contributed by atoms with Crippen molar-refractivity contribution in [1.29, 1.82) is 0 Å². The van der Waals surface area contributed by atoms with Gasteiger partial charge in [-0.25, -0.2) is 4.98 Å². The lowest BCUT2D eigenvalue weighted by molar-refractivity contribution is 0.806. The molecular formula is C17H14BrN3S. The predicted octanol–water partition coefficient (Wildman–Crippen LogP) is 4.00. The standard InChI is InChI=1S/C17H14BrN3S/c18-14-6-3-5-12(10-14)17-20-8-9-21(17)11-13-4-1-2-7-15(13)16(19)22/h1-10H,11H2,(H2,19,22). The van der Waals surface area contributed by atoms with E-state index in [-0.39, 0.29) is 0 Å². The molecule has 3 aromatic rings. The molecule has 0 unspecified atom stereocenters. The van der Waals surface area contributed by atoms with Crippen LogP contribution in [0.4, 0.5) is 0 Å². The third kappa shape index (κ3) is 3.10. The molecule has 0 saturated carbocycles. The van der Waals surface area contributed by atoms with E-state index in [1.54, 1.807) is 6.20 Å². The Kier molecular flexibility index (Phi) is 4.36. The summed E-state index contributed by atoms with van der Waals surface area (Å²) in [6.07, 6.45) is 3.77. The molecule has 3 nitrogen and oxygen atoms in total. The van der Waals surface area contributed by atoms with E-state index in [9.17, 15) is 0 Å². The van der Waals surface area contributed by atoms with Gasteiger partial charge in [0.1, 0.15) is 10.8 Å². The first-order valence-electron chi connectivity index (χ1n) is 6.80. The number of nitrogens with zero attached hydrogens (tertiary/aromatic N) is 2. The van der Waals surface area contributed by atoms with Crippen LogP contribution in [0.15, 0.2) is 65.4 Å². The van der Waals surface area contributed by atoms with Crippen molar-refractivity contribution in [3.8, 4) is 11.4 Å². The van der Waals surface area contributed by atoms with Crippen LogP contribution < -0.4 is 5.73 Å². The maximum absolute atomic E-state index is 5.81. The lowest BCUT2D eigenvalue weighted by Crippen LogP contribution is -2.14. The Labute approximate surface area is 142 Å². The molecule has 0 amide bonds. The number of rotatable bonds is 4. The average molecular weight is 372 g/mol. The van der Waals surface area contributed by atoms with Crippen molar-refractivity contribution in [2.45, 2.75) is 6.54 Å². The molecule has 0 aliphatic carbocycles. The summed E-state index contributed by atoms with van der Waals surface area (Å²) in [6.45, 7) is 0.676. The van der Waals surface area contributed by atoms with Crippen molar-refractivity contribution in [2.75, 3.05) is 0 Å². The number of benzene rings is 2. The maximum Gasteiger partial charge on any atom is 0.140 e. The van der Waals surface area contributed by atoms with E-state index in [2.05, 4.69) is 31.5 Å². The lowest BCUT2D eigenvalue weighted by Gasteiger charge is -2.12. The molecule has 0 aliphatic heterocycles. The first-order chi connectivity index (χ1) is 10.6. The number of nitrogens with two attached hydrogens (primary N) is 1. The van der Waals surface area contributed by atoms with Crippen molar-refractivity contribution >= 4 is 33.1 Å². The molecule has 0 atom stereocenters. The molecule has 0 aliphatic rings. The highest BCUT2D eigenvalue weighted by Gasteiger charge is 2.10. The van der Waals surface area contributed by atoms with E-state index in [4.69, 9.17) is 18.0 Å². The Morgan fingerprint density at radius 3 is 2.77 bits per heavy atom. The Bertz CT molecular complexity index is 826. The van der Waals surface area contributed by atoms with E-state index >= 15 is 0 Å².